The van der Waals surface area contributed by atoms with Crippen molar-refractivity contribution < 1.29 is 8.42 Å². The standard InChI is InChI=1S/C15H25N3O2S/c1-12(2)17-21(19,20)15-7-5-4-6-14(15)16-13-8-10-18(3)11-9-13/h4-7,12-13,16-17H,8-11H2,1-3H3. The molecule has 0 radical (unpaired) electrons. The molecule has 0 aromatic heterocycles. The Morgan fingerprint density at radius 2 is 1.81 bits per heavy atom. The second-order valence-electron chi connectivity index (χ2n) is 5.99. The summed E-state index contributed by atoms with van der Waals surface area (Å²) in [4.78, 5) is 2.62. The molecule has 0 aliphatic carbocycles. The summed E-state index contributed by atoms with van der Waals surface area (Å²) in [5.74, 6) is 0. The first-order valence-electron chi connectivity index (χ1n) is 7.45. The van der Waals surface area contributed by atoms with E-state index in [1.807, 2.05) is 26.0 Å². The van der Waals surface area contributed by atoms with Crippen molar-refractivity contribution in [2.24, 2.45) is 0 Å². The second kappa shape index (κ2) is 6.77. The van der Waals surface area contributed by atoms with Crippen molar-refractivity contribution in [3.8, 4) is 0 Å². The molecule has 1 aromatic rings. The van der Waals surface area contributed by atoms with Gasteiger partial charge in [-0.15, -0.1) is 0 Å². The van der Waals surface area contributed by atoms with Crippen LogP contribution < -0.4 is 10.0 Å². The highest BCUT2D eigenvalue weighted by atomic mass is 32.2. The number of anilines is 1. The van der Waals surface area contributed by atoms with Crippen molar-refractivity contribution in [3.05, 3.63) is 24.3 Å². The quantitative estimate of drug-likeness (QED) is 0.871. The van der Waals surface area contributed by atoms with Crippen LogP contribution in [0.1, 0.15) is 26.7 Å². The van der Waals surface area contributed by atoms with Crippen molar-refractivity contribution in [1.82, 2.24) is 9.62 Å². The molecule has 1 aromatic carbocycles. The Balaban J connectivity index is 2.17. The number of likely N-dealkylation sites (tertiary alicyclic amines) is 1. The predicted molar refractivity (Wildman–Crippen MR) is 86.0 cm³/mol. The average molecular weight is 311 g/mol. The van der Waals surface area contributed by atoms with Gasteiger partial charge in [-0.1, -0.05) is 12.1 Å². The van der Waals surface area contributed by atoms with E-state index in [0.717, 1.165) is 25.9 Å². The van der Waals surface area contributed by atoms with Crippen LogP contribution in [0.15, 0.2) is 29.2 Å². The minimum absolute atomic E-state index is 0.119. The molecule has 0 unspecified atom stereocenters. The molecule has 1 aliphatic heterocycles. The Morgan fingerprint density at radius 1 is 1.19 bits per heavy atom. The maximum atomic E-state index is 12.4. The van der Waals surface area contributed by atoms with E-state index < -0.39 is 10.0 Å². The molecule has 1 heterocycles. The summed E-state index contributed by atoms with van der Waals surface area (Å²) in [6.07, 6.45) is 2.06. The Kier molecular flexibility index (Phi) is 5.24. The van der Waals surface area contributed by atoms with Crippen LogP contribution in [0.4, 0.5) is 5.69 Å². The Morgan fingerprint density at radius 3 is 2.43 bits per heavy atom. The van der Waals surface area contributed by atoms with Crippen LogP contribution in [-0.2, 0) is 10.0 Å². The predicted octanol–water partition coefficient (Wildman–Crippen LogP) is 1.88. The summed E-state index contributed by atoms with van der Waals surface area (Å²) in [6.45, 7) is 5.72. The number of hydrogen-bond donors (Lipinski definition) is 2. The lowest BCUT2D eigenvalue weighted by atomic mass is 10.1. The summed E-state index contributed by atoms with van der Waals surface area (Å²) in [5, 5.41) is 3.40. The van der Waals surface area contributed by atoms with E-state index in [1.54, 1.807) is 12.1 Å². The van der Waals surface area contributed by atoms with E-state index >= 15 is 0 Å². The third kappa shape index (κ3) is 4.43. The number of benzene rings is 1. The third-order valence-corrected chi connectivity index (χ3v) is 5.36. The van der Waals surface area contributed by atoms with Gasteiger partial charge in [0.15, 0.2) is 0 Å². The van der Waals surface area contributed by atoms with E-state index in [1.165, 1.54) is 0 Å². The molecule has 0 atom stereocenters. The van der Waals surface area contributed by atoms with Gasteiger partial charge in [0, 0.05) is 12.1 Å². The third-order valence-electron chi connectivity index (χ3n) is 3.65. The van der Waals surface area contributed by atoms with Gasteiger partial charge >= 0.3 is 0 Å². The summed E-state index contributed by atoms with van der Waals surface area (Å²) in [5.41, 5.74) is 0.695. The fourth-order valence-electron chi connectivity index (χ4n) is 2.57. The lowest BCUT2D eigenvalue weighted by Crippen LogP contribution is -2.37. The molecule has 1 saturated heterocycles. The number of nitrogens with zero attached hydrogens (tertiary/aromatic N) is 1. The average Bonchev–Trinajstić information content (AvgIpc) is 2.40. The van der Waals surface area contributed by atoms with Gasteiger partial charge < -0.3 is 10.2 Å². The van der Waals surface area contributed by atoms with E-state index in [4.69, 9.17) is 0 Å². The zero-order valence-electron chi connectivity index (χ0n) is 13.0. The maximum Gasteiger partial charge on any atom is 0.242 e. The second-order valence-corrected chi connectivity index (χ2v) is 7.68. The molecule has 0 bridgehead atoms. The molecule has 5 nitrogen and oxygen atoms in total. The van der Waals surface area contributed by atoms with Crippen molar-refractivity contribution >= 4 is 15.7 Å². The molecular formula is C15H25N3O2S. The van der Waals surface area contributed by atoms with Crippen LogP contribution in [0.3, 0.4) is 0 Å². The molecule has 1 fully saturated rings. The lowest BCUT2D eigenvalue weighted by molar-refractivity contribution is 0.264. The number of rotatable bonds is 5. The van der Waals surface area contributed by atoms with Gasteiger partial charge in [0.2, 0.25) is 10.0 Å². The number of sulfonamides is 1. The first-order chi connectivity index (χ1) is 9.88. The van der Waals surface area contributed by atoms with Crippen LogP contribution in [0, 0.1) is 0 Å². The molecule has 1 aliphatic rings. The molecule has 6 heteroatoms. The van der Waals surface area contributed by atoms with Gasteiger partial charge in [0.1, 0.15) is 4.90 Å². The molecule has 2 N–H and O–H groups in total. The zero-order chi connectivity index (χ0) is 15.5. The summed E-state index contributed by atoms with van der Waals surface area (Å²) in [6, 6.07) is 7.33. The van der Waals surface area contributed by atoms with Gasteiger partial charge in [-0.2, -0.15) is 0 Å². The van der Waals surface area contributed by atoms with Crippen molar-refractivity contribution in [2.45, 2.75) is 43.7 Å². The largest absolute Gasteiger partial charge is 0.381 e. The van der Waals surface area contributed by atoms with Crippen molar-refractivity contribution in [1.29, 1.82) is 0 Å². The molecule has 118 valence electrons. The summed E-state index contributed by atoms with van der Waals surface area (Å²) in [7, 11) is -1.36. The van der Waals surface area contributed by atoms with Crippen molar-refractivity contribution in [3.63, 3.8) is 0 Å². The molecular weight excluding hydrogens is 286 g/mol. The van der Waals surface area contributed by atoms with Gasteiger partial charge in [-0.05, 0) is 59.0 Å². The number of para-hydroxylation sites is 1. The zero-order valence-corrected chi connectivity index (χ0v) is 13.8. The van der Waals surface area contributed by atoms with Crippen LogP contribution in [-0.4, -0.2) is 45.5 Å². The normalized spacial score (nSPS) is 18.1. The maximum absolute atomic E-state index is 12.4. The fourth-order valence-corrected chi connectivity index (χ4v) is 3.99. The monoisotopic (exact) mass is 311 g/mol. The van der Waals surface area contributed by atoms with E-state index in [0.29, 0.717) is 16.6 Å². The van der Waals surface area contributed by atoms with E-state index in [9.17, 15) is 8.42 Å². The smallest absolute Gasteiger partial charge is 0.242 e. The van der Waals surface area contributed by atoms with Gasteiger partial charge in [-0.25, -0.2) is 13.1 Å². The van der Waals surface area contributed by atoms with Crippen LogP contribution in [0.25, 0.3) is 0 Å². The first kappa shape index (κ1) is 16.3. The number of hydrogen-bond acceptors (Lipinski definition) is 4. The Hall–Kier alpha value is -1.11. The van der Waals surface area contributed by atoms with Crippen molar-refractivity contribution in [2.75, 3.05) is 25.5 Å². The van der Waals surface area contributed by atoms with Crippen LogP contribution in [0.2, 0.25) is 0 Å². The molecule has 0 amide bonds. The molecule has 2 rings (SSSR count). The molecule has 0 spiro atoms. The highest BCUT2D eigenvalue weighted by molar-refractivity contribution is 7.89. The highest BCUT2D eigenvalue weighted by Crippen LogP contribution is 2.24. The Bertz CT molecular complexity index is 564. The topological polar surface area (TPSA) is 61.4 Å². The summed E-state index contributed by atoms with van der Waals surface area (Å²) >= 11 is 0. The fraction of sp³-hybridized carbons (Fsp3) is 0.600. The molecule has 21 heavy (non-hydrogen) atoms. The minimum Gasteiger partial charge on any atom is -0.381 e. The highest BCUT2D eigenvalue weighted by Gasteiger charge is 2.22. The van der Waals surface area contributed by atoms with Gasteiger partial charge in [0.25, 0.3) is 0 Å². The van der Waals surface area contributed by atoms with Crippen LogP contribution in [0.5, 0.6) is 0 Å². The molecule has 0 saturated carbocycles. The SMILES string of the molecule is CC(C)NS(=O)(=O)c1ccccc1NC1CCN(C)CC1. The number of nitrogens with one attached hydrogen (secondary N) is 2. The lowest BCUT2D eigenvalue weighted by Gasteiger charge is -2.30. The van der Waals surface area contributed by atoms with Gasteiger partial charge in [0.05, 0.1) is 5.69 Å². The van der Waals surface area contributed by atoms with Gasteiger partial charge in [-0.3, -0.25) is 0 Å². The minimum atomic E-state index is -3.47. The van der Waals surface area contributed by atoms with E-state index in [2.05, 4.69) is 22.0 Å². The summed E-state index contributed by atoms with van der Waals surface area (Å²) < 4.78 is 27.4. The van der Waals surface area contributed by atoms with E-state index in [-0.39, 0.29) is 6.04 Å². The van der Waals surface area contributed by atoms with Crippen LogP contribution >= 0.6 is 0 Å². The Labute approximate surface area is 127 Å². The first-order valence-corrected chi connectivity index (χ1v) is 8.93. The number of piperidine rings is 1.